The number of hydrogen-bond donors (Lipinski definition) is 1. The molecule has 140 valence electrons. The molecule has 0 aliphatic carbocycles. The Bertz CT molecular complexity index is 690. The van der Waals surface area contributed by atoms with Crippen LogP contribution in [0, 0.1) is 5.92 Å². The highest BCUT2D eigenvalue weighted by Gasteiger charge is 2.23. The molecule has 1 aromatic carbocycles. The molecule has 7 heteroatoms. The minimum atomic E-state index is -3.66. The van der Waals surface area contributed by atoms with Crippen molar-refractivity contribution in [3.05, 3.63) is 29.8 Å². The first kappa shape index (κ1) is 19.9. The molecule has 2 atom stereocenters. The fraction of sp³-hybridized carbons (Fsp3) is 0.611. The first-order valence-corrected chi connectivity index (χ1v) is 10.3. The quantitative estimate of drug-likeness (QED) is 0.747. The topological polar surface area (TPSA) is 75.7 Å². The van der Waals surface area contributed by atoms with Crippen LogP contribution in [-0.4, -0.2) is 51.6 Å². The fourth-order valence-electron chi connectivity index (χ4n) is 3.07. The van der Waals surface area contributed by atoms with Gasteiger partial charge in [-0.2, -0.15) is 0 Å². The molecular formula is C18H28N2O4S. The van der Waals surface area contributed by atoms with E-state index in [9.17, 15) is 13.2 Å². The van der Waals surface area contributed by atoms with Crippen LogP contribution in [0.3, 0.4) is 0 Å². The highest BCUT2D eigenvalue weighted by atomic mass is 32.2. The molecule has 0 bridgehead atoms. The van der Waals surface area contributed by atoms with Crippen molar-refractivity contribution >= 4 is 16.0 Å². The standard InChI is InChI=1S/C18H28N2O4S/c1-4-24-18(21)16-8-5-9-17(11-16)25(22,23)19-12-15(3)20-10-6-7-14(2)13-20/h5,8-9,11,14-15,19H,4,6-7,10,12-13H2,1-3H3. The third-order valence-corrected chi connectivity index (χ3v) is 5.96. The van der Waals surface area contributed by atoms with Gasteiger partial charge in [0.25, 0.3) is 0 Å². The van der Waals surface area contributed by atoms with E-state index in [0.29, 0.717) is 12.5 Å². The molecular weight excluding hydrogens is 340 g/mol. The zero-order chi connectivity index (χ0) is 18.4. The van der Waals surface area contributed by atoms with E-state index in [1.54, 1.807) is 19.1 Å². The molecule has 6 nitrogen and oxygen atoms in total. The number of ether oxygens (including phenoxy) is 1. The molecule has 1 aromatic rings. The normalized spacial score (nSPS) is 20.2. The number of piperidine rings is 1. The Kier molecular flexibility index (Phi) is 6.98. The van der Waals surface area contributed by atoms with Crippen LogP contribution in [0.1, 0.15) is 44.0 Å². The van der Waals surface area contributed by atoms with Crippen molar-refractivity contribution in [1.82, 2.24) is 9.62 Å². The number of likely N-dealkylation sites (tertiary alicyclic amines) is 1. The molecule has 1 N–H and O–H groups in total. The van der Waals surface area contributed by atoms with E-state index in [4.69, 9.17) is 4.74 Å². The number of carbonyl (C=O) groups is 1. The molecule has 2 rings (SSSR count). The van der Waals surface area contributed by atoms with Crippen LogP contribution in [0.5, 0.6) is 0 Å². The second kappa shape index (κ2) is 8.78. The largest absolute Gasteiger partial charge is 0.462 e. The van der Waals surface area contributed by atoms with Gasteiger partial charge in [0.2, 0.25) is 10.0 Å². The number of rotatable bonds is 7. The smallest absolute Gasteiger partial charge is 0.338 e. The van der Waals surface area contributed by atoms with Crippen LogP contribution in [-0.2, 0) is 14.8 Å². The highest BCUT2D eigenvalue weighted by molar-refractivity contribution is 7.89. The summed E-state index contributed by atoms with van der Waals surface area (Å²) in [6, 6.07) is 6.07. The molecule has 1 heterocycles. The lowest BCUT2D eigenvalue weighted by atomic mass is 9.99. The van der Waals surface area contributed by atoms with E-state index < -0.39 is 16.0 Å². The number of carbonyl (C=O) groups excluding carboxylic acids is 1. The van der Waals surface area contributed by atoms with Crippen LogP contribution >= 0.6 is 0 Å². The van der Waals surface area contributed by atoms with Crippen LogP contribution in [0.4, 0.5) is 0 Å². The molecule has 0 aromatic heterocycles. The van der Waals surface area contributed by atoms with Crippen LogP contribution in [0.15, 0.2) is 29.2 Å². The van der Waals surface area contributed by atoms with Gasteiger partial charge in [-0.1, -0.05) is 13.0 Å². The Morgan fingerprint density at radius 3 is 2.88 bits per heavy atom. The van der Waals surface area contributed by atoms with E-state index in [1.165, 1.54) is 18.6 Å². The summed E-state index contributed by atoms with van der Waals surface area (Å²) < 4.78 is 32.7. The van der Waals surface area contributed by atoms with E-state index in [1.807, 2.05) is 6.92 Å². The summed E-state index contributed by atoms with van der Waals surface area (Å²) >= 11 is 0. The molecule has 1 fully saturated rings. The van der Waals surface area contributed by atoms with Gasteiger partial charge >= 0.3 is 5.97 Å². The predicted octanol–water partition coefficient (Wildman–Crippen LogP) is 2.26. The summed E-state index contributed by atoms with van der Waals surface area (Å²) in [6.45, 7) is 8.58. The Labute approximate surface area is 150 Å². The molecule has 0 amide bonds. The van der Waals surface area contributed by atoms with Crippen molar-refractivity contribution in [2.24, 2.45) is 5.92 Å². The van der Waals surface area contributed by atoms with Gasteiger partial charge in [0.05, 0.1) is 17.1 Å². The predicted molar refractivity (Wildman–Crippen MR) is 97.0 cm³/mol. The van der Waals surface area contributed by atoms with Gasteiger partial charge in [0.15, 0.2) is 0 Å². The van der Waals surface area contributed by atoms with Crippen LogP contribution in [0.2, 0.25) is 0 Å². The molecule has 1 aliphatic heterocycles. The molecule has 0 spiro atoms. The zero-order valence-electron chi connectivity index (χ0n) is 15.2. The minimum absolute atomic E-state index is 0.0808. The van der Waals surface area contributed by atoms with Crippen molar-refractivity contribution in [2.45, 2.75) is 44.6 Å². The second-order valence-corrected chi connectivity index (χ2v) is 8.46. The molecule has 1 saturated heterocycles. The van der Waals surface area contributed by atoms with Crippen molar-refractivity contribution in [3.63, 3.8) is 0 Å². The Balaban J connectivity index is 2.01. The lowest BCUT2D eigenvalue weighted by molar-refractivity contribution is 0.0526. The lowest BCUT2D eigenvalue weighted by Gasteiger charge is -2.35. The van der Waals surface area contributed by atoms with Gasteiger partial charge in [0, 0.05) is 19.1 Å². The van der Waals surface area contributed by atoms with Crippen molar-refractivity contribution < 1.29 is 17.9 Å². The number of hydrogen-bond acceptors (Lipinski definition) is 5. The van der Waals surface area contributed by atoms with Gasteiger partial charge in [-0.05, 0) is 57.4 Å². The number of nitrogens with one attached hydrogen (secondary N) is 1. The maximum absolute atomic E-state index is 12.5. The van der Waals surface area contributed by atoms with Crippen molar-refractivity contribution in [3.8, 4) is 0 Å². The molecule has 0 radical (unpaired) electrons. The van der Waals surface area contributed by atoms with Crippen molar-refractivity contribution in [2.75, 3.05) is 26.2 Å². The van der Waals surface area contributed by atoms with Gasteiger partial charge in [0.1, 0.15) is 0 Å². The van der Waals surface area contributed by atoms with E-state index in [0.717, 1.165) is 19.5 Å². The minimum Gasteiger partial charge on any atom is -0.462 e. The van der Waals surface area contributed by atoms with E-state index >= 15 is 0 Å². The zero-order valence-corrected chi connectivity index (χ0v) is 16.0. The average molecular weight is 368 g/mol. The maximum Gasteiger partial charge on any atom is 0.338 e. The summed E-state index contributed by atoms with van der Waals surface area (Å²) in [6.07, 6.45) is 2.38. The summed E-state index contributed by atoms with van der Waals surface area (Å²) in [5.41, 5.74) is 0.239. The highest BCUT2D eigenvalue weighted by Crippen LogP contribution is 2.18. The summed E-state index contributed by atoms with van der Waals surface area (Å²) in [5, 5.41) is 0. The Morgan fingerprint density at radius 1 is 1.44 bits per heavy atom. The molecule has 1 aliphatic rings. The first-order chi connectivity index (χ1) is 11.8. The SMILES string of the molecule is CCOC(=O)c1cccc(S(=O)(=O)NCC(C)N2CCCC(C)C2)c1. The third-order valence-electron chi connectivity index (χ3n) is 4.54. The third kappa shape index (κ3) is 5.52. The van der Waals surface area contributed by atoms with Gasteiger partial charge in [-0.3, -0.25) is 4.90 Å². The molecule has 2 unspecified atom stereocenters. The maximum atomic E-state index is 12.5. The van der Waals surface area contributed by atoms with Crippen LogP contribution < -0.4 is 4.72 Å². The summed E-state index contributed by atoms with van der Waals surface area (Å²) in [4.78, 5) is 14.2. The Morgan fingerprint density at radius 2 is 2.20 bits per heavy atom. The summed E-state index contributed by atoms with van der Waals surface area (Å²) in [5.74, 6) is 0.129. The van der Waals surface area contributed by atoms with Gasteiger partial charge < -0.3 is 4.74 Å². The molecule has 25 heavy (non-hydrogen) atoms. The monoisotopic (exact) mass is 368 g/mol. The van der Waals surface area contributed by atoms with E-state index in [-0.39, 0.29) is 23.1 Å². The molecule has 0 saturated carbocycles. The van der Waals surface area contributed by atoms with E-state index in [2.05, 4.69) is 16.5 Å². The average Bonchev–Trinajstić information content (AvgIpc) is 2.60. The second-order valence-electron chi connectivity index (χ2n) is 6.69. The number of esters is 1. The fourth-order valence-corrected chi connectivity index (χ4v) is 4.24. The van der Waals surface area contributed by atoms with Crippen molar-refractivity contribution in [1.29, 1.82) is 0 Å². The van der Waals surface area contributed by atoms with Crippen LogP contribution in [0.25, 0.3) is 0 Å². The number of sulfonamides is 1. The Hall–Kier alpha value is -1.44. The van der Waals surface area contributed by atoms with Gasteiger partial charge in [-0.15, -0.1) is 0 Å². The summed E-state index contributed by atoms with van der Waals surface area (Å²) in [7, 11) is -3.66. The van der Waals surface area contributed by atoms with Gasteiger partial charge in [-0.25, -0.2) is 17.9 Å². The number of nitrogens with zero attached hydrogens (tertiary/aromatic N) is 1. The number of benzene rings is 1. The lowest BCUT2D eigenvalue weighted by Crippen LogP contribution is -2.46. The first-order valence-electron chi connectivity index (χ1n) is 8.84.